The zero-order valence-electron chi connectivity index (χ0n) is 10.6. The van der Waals surface area contributed by atoms with Gasteiger partial charge in [0.2, 0.25) is 0 Å². The summed E-state index contributed by atoms with van der Waals surface area (Å²) in [5.74, 6) is 0.962. The van der Waals surface area contributed by atoms with Crippen molar-refractivity contribution in [3.8, 4) is 5.75 Å². The minimum absolute atomic E-state index is 0.137. The second-order valence-corrected chi connectivity index (χ2v) is 5.06. The van der Waals surface area contributed by atoms with Gasteiger partial charge in [-0.3, -0.25) is 4.98 Å². The molecule has 1 aromatic heterocycles. The quantitative estimate of drug-likeness (QED) is 0.873. The molecule has 18 heavy (non-hydrogen) atoms. The highest BCUT2D eigenvalue weighted by Crippen LogP contribution is 2.44. The predicted octanol–water partition coefficient (Wildman–Crippen LogP) is 3.41. The second-order valence-electron chi connectivity index (χ2n) is 5.06. The Hall–Kier alpha value is -2.03. The summed E-state index contributed by atoms with van der Waals surface area (Å²) >= 11 is 0. The average molecular weight is 240 g/mol. The summed E-state index contributed by atoms with van der Waals surface area (Å²) in [6.07, 6.45) is 3.60. The Morgan fingerprint density at radius 1 is 1.17 bits per heavy atom. The molecule has 3 nitrogen and oxygen atoms in total. The van der Waals surface area contributed by atoms with Crippen LogP contribution in [0, 0.1) is 0 Å². The van der Waals surface area contributed by atoms with Crippen LogP contribution in [0.5, 0.6) is 5.75 Å². The van der Waals surface area contributed by atoms with E-state index in [1.54, 1.807) is 6.20 Å². The molecule has 2 heterocycles. The van der Waals surface area contributed by atoms with E-state index >= 15 is 0 Å². The molecule has 0 saturated carbocycles. The molecule has 0 fully saturated rings. The fraction of sp³-hybridized carbons (Fsp3) is 0.267. The largest absolute Gasteiger partial charge is 0.485 e. The molecule has 0 aliphatic carbocycles. The molecule has 0 bridgehead atoms. The van der Waals surface area contributed by atoms with E-state index in [0.29, 0.717) is 0 Å². The van der Waals surface area contributed by atoms with Gasteiger partial charge in [-0.15, -0.1) is 0 Å². The lowest BCUT2D eigenvalue weighted by atomic mass is 9.94. The highest BCUT2D eigenvalue weighted by atomic mass is 16.5. The third kappa shape index (κ3) is 1.82. The number of hydrogen-bond acceptors (Lipinski definition) is 3. The normalized spacial score (nSPS) is 20.0. The van der Waals surface area contributed by atoms with Crippen molar-refractivity contribution in [1.82, 2.24) is 4.98 Å². The first kappa shape index (κ1) is 11.1. The molecular formula is C15H16N2O. The number of anilines is 1. The van der Waals surface area contributed by atoms with Gasteiger partial charge in [-0.25, -0.2) is 0 Å². The molecule has 0 amide bonds. The van der Waals surface area contributed by atoms with Crippen molar-refractivity contribution < 1.29 is 4.74 Å². The highest BCUT2D eigenvalue weighted by molar-refractivity contribution is 5.50. The van der Waals surface area contributed by atoms with Gasteiger partial charge in [-0.2, -0.15) is 0 Å². The summed E-state index contributed by atoms with van der Waals surface area (Å²) < 4.78 is 6.00. The Morgan fingerprint density at radius 2 is 2.00 bits per heavy atom. The van der Waals surface area contributed by atoms with E-state index in [1.165, 1.54) is 5.56 Å². The minimum Gasteiger partial charge on any atom is -0.485 e. The van der Waals surface area contributed by atoms with Gasteiger partial charge in [0.1, 0.15) is 11.4 Å². The molecule has 3 rings (SSSR count). The van der Waals surface area contributed by atoms with Crippen LogP contribution in [0.4, 0.5) is 5.69 Å². The number of ether oxygens (including phenoxy) is 1. The number of para-hydroxylation sites is 1. The van der Waals surface area contributed by atoms with Crippen molar-refractivity contribution in [3.63, 3.8) is 0 Å². The van der Waals surface area contributed by atoms with Gasteiger partial charge in [0.15, 0.2) is 0 Å². The van der Waals surface area contributed by atoms with Crippen LogP contribution in [0.15, 0.2) is 48.8 Å². The number of nitrogens with one attached hydrogen (secondary N) is 1. The van der Waals surface area contributed by atoms with Crippen molar-refractivity contribution in [2.45, 2.75) is 25.5 Å². The molecule has 2 aromatic rings. The monoisotopic (exact) mass is 240 g/mol. The van der Waals surface area contributed by atoms with E-state index in [4.69, 9.17) is 4.74 Å². The van der Waals surface area contributed by atoms with Gasteiger partial charge in [0.05, 0.1) is 11.7 Å². The van der Waals surface area contributed by atoms with Crippen LogP contribution in [-0.2, 0) is 0 Å². The first-order chi connectivity index (χ1) is 8.67. The summed E-state index contributed by atoms with van der Waals surface area (Å²) in [5, 5.41) is 3.50. The number of aromatic nitrogens is 1. The topological polar surface area (TPSA) is 34.1 Å². The van der Waals surface area contributed by atoms with E-state index < -0.39 is 0 Å². The second kappa shape index (κ2) is 4.02. The Morgan fingerprint density at radius 3 is 2.78 bits per heavy atom. The fourth-order valence-electron chi connectivity index (χ4n) is 2.40. The number of pyridine rings is 1. The van der Waals surface area contributed by atoms with Gasteiger partial charge < -0.3 is 10.1 Å². The summed E-state index contributed by atoms with van der Waals surface area (Å²) in [5.41, 5.74) is 1.95. The molecule has 1 aliphatic heterocycles. The smallest absolute Gasteiger partial charge is 0.128 e. The van der Waals surface area contributed by atoms with Crippen LogP contribution in [0.2, 0.25) is 0 Å². The molecule has 1 N–H and O–H groups in total. The fourth-order valence-corrected chi connectivity index (χ4v) is 2.40. The molecule has 3 heteroatoms. The van der Waals surface area contributed by atoms with Crippen LogP contribution in [0.25, 0.3) is 0 Å². The van der Waals surface area contributed by atoms with E-state index in [1.807, 2.05) is 36.5 Å². The third-order valence-corrected chi connectivity index (χ3v) is 3.27. The Kier molecular flexibility index (Phi) is 2.47. The molecule has 1 unspecified atom stereocenters. The predicted molar refractivity (Wildman–Crippen MR) is 71.7 cm³/mol. The molecule has 1 aliphatic rings. The number of nitrogens with zero attached hydrogens (tertiary/aromatic N) is 1. The molecular weight excluding hydrogens is 224 g/mol. The number of rotatable bonds is 2. The summed E-state index contributed by atoms with van der Waals surface area (Å²) in [4.78, 5) is 4.13. The van der Waals surface area contributed by atoms with Gasteiger partial charge in [0.25, 0.3) is 0 Å². The molecule has 1 aromatic carbocycles. The van der Waals surface area contributed by atoms with Crippen LogP contribution in [0.1, 0.15) is 25.5 Å². The summed E-state index contributed by atoms with van der Waals surface area (Å²) in [7, 11) is 0. The zero-order chi connectivity index (χ0) is 12.6. The van der Waals surface area contributed by atoms with E-state index in [0.717, 1.165) is 11.4 Å². The zero-order valence-corrected chi connectivity index (χ0v) is 10.6. The maximum atomic E-state index is 6.00. The van der Waals surface area contributed by atoms with Crippen LogP contribution >= 0.6 is 0 Å². The lowest BCUT2D eigenvalue weighted by Crippen LogP contribution is -2.34. The van der Waals surface area contributed by atoms with E-state index in [-0.39, 0.29) is 11.6 Å². The lowest BCUT2D eigenvalue weighted by molar-refractivity contribution is 0.118. The van der Waals surface area contributed by atoms with Gasteiger partial charge in [0, 0.05) is 18.0 Å². The molecule has 0 radical (unpaired) electrons. The third-order valence-electron chi connectivity index (χ3n) is 3.27. The lowest BCUT2D eigenvalue weighted by Gasteiger charge is -2.27. The van der Waals surface area contributed by atoms with Gasteiger partial charge in [-0.1, -0.05) is 18.2 Å². The number of fused-ring (bicyclic) bond motifs is 1. The van der Waals surface area contributed by atoms with Crippen molar-refractivity contribution >= 4 is 5.69 Å². The van der Waals surface area contributed by atoms with Crippen LogP contribution in [0.3, 0.4) is 0 Å². The van der Waals surface area contributed by atoms with Crippen molar-refractivity contribution in [3.05, 3.63) is 54.4 Å². The summed E-state index contributed by atoms with van der Waals surface area (Å²) in [6, 6.07) is 12.3. The van der Waals surface area contributed by atoms with Crippen molar-refractivity contribution in [2.75, 3.05) is 5.32 Å². The van der Waals surface area contributed by atoms with Crippen molar-refractivity contribution in [2.24, 2.45) is 0 Å². The first-order valence-corrected chi connectivity index (χ1v) is 6.11. The molecule has 92 valence electrons. The van der Waals surface area contributed by atoms with Gasteiger partial charge >= 0.3 is 0 Å². The van der Waals surface area contributed by atoms with Crippen LogP contribution < -0.4 is 10.1 Å². The van der Waals surface area contributed by atoms with E-state index in [2.05, 4.69) is 30.2 Å². The van der Waals surface area contributed by atoms with E-state index in [9.17, 15) is 0 Å². The molecule has 0 saturated heterocycles. The van der Waals surface area contributed by atoms with Crippen molar-refractivity contribution in [1.29, 1.82) is 0 Å². The van der Waals surface area contributed by atoms with Gasteiger partial charge in [-0.05, 0) is 32.0 Å². The molecule has 0 spiro atoms. The maximum absolute atomic E-state index is 6.00. The standard InChI is InChI=1S/C15H16N2O/c1-15(2)14(17-11-6-5-9-16-10-11)12-7-3-4-8-13(12)18-15/h3-10,14,17H,1-2H3. The maximum Gasteiger partial charge on any atom is 0.128 e. The number of hydrogen-bond donors (Lipinski definition) is 1. The SMILES string of the molecule is CC1(C)Oc2ccccc2C1Nc1cccnc1. The Bertz CT molecular complexity index is 551. The molecule has 1 atom stereocenters. The number of benzene rings is 1. The van der Waals surface area contributed by atoms with Crippen LogP contribution in [-0.4, -0.2) is 10.6 Å². The Balaban J connectivity index is 1.95. The first-order valence-electron chi connectivity index (χ1n) is 6.11. The average Bonchev–Trinajstić information content (AvgIpc) is 2.62. The summed E-state index contributed by atoms with van der Waals surface area (Å²) in [6.45, 7) is 4.20. The minimum atomic E-state index is -0.264. The Labute approximate surface area is 107 Å². The highest BCUT2D eigenvalue weighted by Gasteiger charge is 2.40.